The van der Waals surface area contributed by atoms with Crippen molar-refractivity contribution in [3.05, 3.63) is 0 Å². The average molecular weight is 461 g/mol. The van der Waals surface area contributed by atoms with Gasteiger partial charge in [-0.25, -0.2) is 0 Å². The molecule has 0 aromatic rings. The molecule has 5 fully saturated rings. The Morgan fingerprint density at radius 3 is 1.85 bits per heavy atom. The maximum Gasteiger partial charge on any atom is 0.0623 e. The minimum atomic E-state index is -0.724. The first kappa shape index (κ1) is 24.6. The molecule has 5 rings (SSSR count). The second-order valence-corrected chi connectivity index (χ2v) is 15.6. The second-order valence-electron chi connectivity index (χ2n) is 15.6. The van der Waals surface area contributed by atoms with E-state index in [1.54, 1.807) is 0 Å². The van der Waals surface area contributed by atoms with Gasteiger partial charge in [-0.1, -0.05) is 41.5 Å². The van der Waals surface area contributed by atoms with Crippen LogP contribution in [0.5, 0.6) is 0 Å². The Morgan fingerprint density at radius 2 is 1.24 bits per heavy atom. The van der Waals surface area contributed by atoms with Crippen LogP contribution in [0.2, 0.25) is 0 Å². The zero-order valence-electron chi connectivity index (χ0n) is 22.7. The van der Waals surface area contributed by atoms with Crippen molar-refractivity contribution in [2.45, 2.75) is 131 Å². The van der Waals surface area contributed by atoms with Crippen LogP contribution >= 0.6 is 0 Å². The van der Waals surface area contributed by atoms with E-state index in [-0.39, 0.29) is 51.1 Å². The van der Waals surface area contributed by atoms with Gasteiger partial charge in [0, 0.05) is 0 Å². The van der Waals surface area contributed by atoms with Crippen molar-refractivity contribution in [2.75, 3.05) is 0 Å². The molecule has 11 atom stereocenters. The summed E-state index contributed by atoms with van der Waals surface area (Å²) in [4.78, 5) is 0. The van der Waals surface area contributed by atoms with Crippen LogP contribution in [-0.4, -0.2) is 33.1 Å². The predicted octanol–water partition coefficient (Wildman–Crippen LogP) is 6.19. The van der Waals surface area contributed by atoms with Crippen LogP contribution in [0.15, 0.2) is 0 Å². The zero-order valence-corrected chi connectivity index (χ0v) is 22.7. The van der Waals surface area contributed by atoms with Crippen LogP contribution in [0.3, 0.4) is 0 Å². The Bertz CT molecular complexity index is 799. The van der Waals surface area contributed by atoms with E-state index < -0.39 is 5.60 Å². The second kappa shape index (κ2) is 7.00. The van der Waals surface area contributed by atoms with Crippen LogP contribution in [0.4, 0.5) is 0 Å². The minimum absolute atomic E-state index is 0.0133. The summed E-state index contributed by atoms with van der Waals surface area (Å²) >= 11 is 0. The van der Waals surface area contributed by atoms with Crippen molar-refractivity contribution in [2.24, 2.45) is 56.7 Å². The maximum absolute atomic E-state index is 11.8. The first-order valence-corrected chi connectivity index (χ1v) is 14.1. The molecule has 190 valence electrons. The van der Waals surface area contributed by atoms with Gasteiger partial charge in [-0.2, -0.15) is 0 Å². The van der Waals surface area contributed by atoms with Gasteiger partial charge >= 0.3 is 0 Å². The smallest absolute Gasteiger partial charge is 0.0623 e. The fraction of sp³-hybridized carbons (Fsp3) is 1.00. The molecule has 0 bridgehead atoms. The van der Waals surface area contributed by atoms with Crippen LogP contribution < -0.4 is 0 Å². The van der Waals surface area contributed by atoms with Crippen LogP contribution in [0, 0.1) is 56.7 Å². The molecule has 5 aliphatic rings. The summed E-state index contributed by atoms with van der Waals surface area (Å²) in [5.41, 5.74) is 0.00601. The molecule has 3 nitrogen and oxygen atoms in total. The molecule has 0 heterocycles. The van der Waals surface area contributed by atoms with Gasteiger partial charge in [0.05, 0.1) is 17.8 Å². The Hall–Kier alpha value is -0.120. The normalized spacial score (nSPS) is 58.1. The van der Waals surface area contributed by atoms with Crippen LogP contribution in [-0.2, 0) is 0 Å². The SMILES string of the molecule is CC(C)(O)[C@@H]1CC[C@@]2(C)[C@H]1[C@@H](O)C[C@]1(C)[C@@H]2CC[C@@H]2[C@@]3(C)CC[C@H](O)C(C)(C)[C@H]3CC[C@]21C. The molecular weight excluding hydrogens is 408 g/mol. The quantitative estimate of drug-likeness (QED) is 0.437. The van der Waals surface area contributed by atoms with E-state index in [4.69, 9.17) is 0 Å². The zero-order chi connectivity index (χ0) is 24.4. The van der Waals surface area contributed by atoms with Gasteiger partial charge in [-0.05, 0) is 128 Å². The van der Waals surface area contributed by atoms with E-state index in [2.05, 4.69) is 41.5 Å². The molecule has 33 heavy (non-hydrogen) atoms. The van der Waals surface area contributed by atoms with E-state index in [9.17, 15) is 15.3 Å². The predicted molar refractivity (Wildman–Crippen MR) is 134 cm³/mol. The van der Waals surface area contributed by atoms with E-state index in [0.29, 0.717) is 17.8 Å². The average Bonchev–Trinajstić information content (AvgIpc) is 3.05. The lowest BCUT2D eigenvalue weighted by molar-refractivity contribution is -0.267. The van der Waals surface area contributed by atoms with Crippen molar-refractivity contribution in [1.82, 2.24) is 0 Å². The first-order valence-electron chi connectivity index (χ1n) is 14.1. The molecular formula is C30H52O3. The van der Waals surface area contributed by atoms with Gasteiger partial charge in [-0.15, -0.1) is 0 Å². The van der Waals surface area contributed by atoms with Crippen molar-refractivity contribution < 1.29 is 15.3 Å². The van der Waals surface area contributed by atoms with E-state index in [1.807, 2.05) is 13.8 Å². The highest BCUT2D eigenvalue weighted by Crippen LogP contribution is 2.78. The number of rotatable bonds is 1. The van der Waals surface area contributed by atoms with Gasteiger partial charge in [0.15, 0.2) is 0 Å². The van der Waals surface area contributed by atoms with Crippen LogP contribution in [0.25, 0.3) is 0 Å². The number of fused-ring (bicyclic) bond motifs is 7. The van der Waals surface area contributed by atoms with Gasteiger partial charge in [0.1, 0.15) is 0 Å². The van der Waals surface area contributed by atoms with E-state index >= 15 is 0 Å². The minimum Gasteiger partial charge on any atom is -0.393 e. The lowest BCUT2D eigenvalue weighted by atomic mass is 9.31. The first-order chi connectivity index (χ1) is 15.0. The summed E-state index contributed by atoms with van der Waals surface area (Å²) in [5, 5.41) is 33.6. The monoisotopic (exact) mass is 460 g/mol. The summed E-state index contributed by atoms with van der Waals surface area (Å²) in [6, 6.07) is 0. The number of hydrogen-bond acceptors (Lipinski definition) is 3. The Morgan fingerprint density at radius 1 is 0.667 bits per heavy atom. The standard InChI is InChI=1S/C30H52O3/c1-25(2)20-12-16-29(7)21(27(20,5)15-13-23(25)32)9-10-22-28(6)14-11-18(26(3,4)33)24(28)19(31)17-30(22,29)8/h18-24,31-33H,9-17H2,1-8H3/t18-,19+,20-,21-,22-,23+,24-,27+,28-,29-,30-/m1/s1. The summed E-state index contributed by atoms with van der Waals surface area (Å²) < 4.78 is 0. The molecule has 0 saturated heterocycles. The lowest BCUT2D eigenvalue weighted by Gasteiger charge is -2.73. The highest BCUT2D eigenvalue weighted by atomic mass is 16.3. The molecule has 0 aromatic carbocycles. The third-order valence-electron chi connectivity index (χ3n) is 13.8. The summed E-state index contributed by atoms with van der Waals surface area (Å²) in [5.74, 6) is 2.27. The molecule has 0 unspecified atom stereocenters. The molecule has 0 radical (unpaired) electrons. The molecule has 3 N–H and O–H groups in total. The summed E-state index contributed by atoms with van der Waals surface area (Å²) in [6.07, 6.45) is 9.65. The molecule has 0 spiro atoms. The van der Waals surface area contributed by atoms with E-state index in [1.165, 1.54) is 25.7 Å². The van der Waals surface area contributed by atoms with Gasteiger partial charge in [-0.3, -0.25) is 0 Å². The third kappa shape index (κ3) is 2.91. The largest absolute Gasteiger partial charge is 0.393 e. The van der Waals surface area contributed by atoms with Gasteiger partial charge < -0.3 is 15.3 Å². The third-order valence-corrected chi connectivity index (χ3v) is 13.8. The number of aliphatic hydroxyl groups excluding tert-OH is 2. The highest BCUT2D eigenvalue weighted by Gasteiger charge is 2.72. The van der Waals surface area contributed by atoms with Gasteiger partial charge in [0.2, 0.25) is 0 Å². The van der Waals surface area contributed by atoms with Crippen molar-refractivity contribution >= 4 is 0 Å². The Labute approximate surface area is 203 Å². The molecule has 5 aliphatic carbocycles. The van der Waals surface area contributed by atoms with Gasteiger partial charge in [0.25, 0.3) is 0 Å². The number of aliphatic hydroxyl groups is 3. The summed E-state index contributed by atoms with van der Waals surface area (Å²) in [7, 11) is 0. The van der Waals surface area contributed by atoms with Crippen molar-refractivity contribution in [3.8, 4) is 0 Å². The number of hydrogen-bond donors (Lipinski definition) is 3. The fourth-order valence-corrected chi connectivity index (χ4v) is 12.1. The Balaban J connectivity index is 1.54. The highest BCUT2D eigenvalue weighted by molar-refractivity contribution is 5.21. The maximum atomic E-state index is 11.8. The van der Waals surface area contributed by atoms with Crippen LogP contribution in [0.1, 0.15) is 113 Å². The Kier molecular flexibility index (Phi) is 5.21. The van der Waals surface area contributed by atoms with Crippen molar-refractivity contribution in [3.63, 3.8) is 0 Å². The fourth-order valence-electron chi connectivity index (χ4n) is 12.1. The van der Waals surface area contributed by atoms with Crippen molar-refractivity contribution in [1.29, 1.82) is 0 Å². The summed E-state index contributed by atoms with van der Waals surface area (Å²) in [6.45, 7) is 18.8. The molecule has 5 saturated carbocycles. The lowest BCUT2D eigenvalue weighted by Crippen LogP contribution is -2.68. The molecule has 3 heteroatoms. The van der Waals surface area contributed by atoms with E-state index in [0.717, 1.165) is 32.1 Å². The molecule has 0 amide bonds. The molecule has 0 aromatic heterocycles. The topological polar surface area (TPSA) is 60.7 Å². The molecule has 0 aliphatic heterocycles.